The van der Waals surface area contributed by atoms with E-state index in [0.717, 1.165) is 14.5 Å². The van der Waals surface area contributed by atoms with Gasteiger partial charge in [-0.3, -0.25) is 4.79 Å². The number of rotatable bonds is 3. The Kier molecular flexibility index (Phi) is 5.06. The van der Waals surface area contributed by atoms with E-state index < -0.39 is 0 Å². The average Bonchev–Trinajstić information content (AvgIpc) is 2.47. The summed E-state index contributed by atoms with van der Waals surface area (Å²) in [5.74, 6) is -0.0434. The molecule has 110 valence electrons. The van der Waals surface area contributed by atoms with Crippen molar-refractivity contribution in [2.75, 3.05) is 12.8 Å². The van der Waals surface area contributed by atoms with Crippen LogP contribution >= 0.6 is 31.9 Å². The molecule has 0 aliphatic carbocycles. The van der Waals surface area contributed by atoms with Crippen molar-refractivity contribution in [3.8, 4) is 0 Å². The number of carbonyl (C=O) groups excluding carboxylic acids is 1. The standard InChI is InChI=1S/C16H16Br2N2O/c1-10(11-4-3-5-13(19)8-11)20(2)16(21)14-9-12(17)6-7-15(14)18/h3-10H,19H2,1-2H3. The molecule has 0 radical (unpaired) electrons. The van der Waals surface area contributed by atoms with E-state index in [9.17, 15) is 4.79 Å². The van der Waals surface area contributed by atoms with Crippen molar-refractivity contribution in [2.45, 2.75) is 13.0 Å². The molecule has 0 heterocycles. The highest BCUT2D eigenvalue weighted by molar-refractivity contribution is 9.11. The average molecular weight is 412 g/mol. The molecular formula is C16H16Br2N2O. The van der Waals surface area contributed by atoms with E-state index in [1.807, 2.05) is 49.4 Å². The third-order valence-corrected chi connectivity index (χ3v) is 4.64. The van der Waals surface area contributed by atoms with Crippen LogP contribution in [0, 0.1) is 0 Å². The van der Waals surface area contributed by atoms with Gasteiger partial charge in [-0.25, -0.2) is 0 Å². The Morgan fingerprint density at radius 3 is 2.57 bits per heavy atom. The summed E-state index contributed by atoms with van der Waals surface area (Å²) in [6.45, 7) is 1.98. The van der Waals surface area contributed by atoms with Crippen LogP contribution in [0.5, 0.6) is 0 Å². The Morgan fingerprint density at radius 2 is 1.90 bits per heavy atom. The van der Waals surface area contributed by atoms with Gasteiger partial charge in [0, 0.05) is 21.7 Å². The molecule has 1 unspecified atom stereocenters. The van der Waals surface area contributed by atoms with Gasteiger partial charge in [-0.2, -0.15) is 0 Å². The first-order valence-corrected chi connectivity index (χ1v) is 8.06. The molecule has 2 aromatic rings. The van der Waals surface area contributed by atoms with Crippen LogP contribution in [0.1, 0.15) is 28.9 Å². The molecule has 0 aromatic heterocycles. The molecule has 0 aliphatic rings. The Hall–Kier alpha value is -1.33. The molecule has 3 nitrogen and oxygen atoms in total. The maximum atomic E-state index is 12.7. The summed E-state index contributed by atoms with van der Waals surface area (Å²) in [4.78, 5) is 14.4. The van der Waals surface area contributed by atoms with Gasteiger partial charge in [0.15, 0.2) is 0 Å². The fraction of sp³-hybridized carbons (Fsp3) is 0.188. The quantitative estimate of drug-likeness (QED) is 0.748. The lowest BCUT2D eigenvalue weighted by Crippen LogP contribution is -2.30. The van der Waals surface area contributed by atoms with Crippen LogP contribution in [-0.4, -0.2) is 17.9 Å². The molecule has 0 spiro atoms. The zero-order valence-corrected chi connectivity index (χ0v) is 15.0. The molecule has 2 rings (SSSR count). The summed E-state index contributed by atoms with van der Waals surface area (Å²) in [7, 11) is 1.80. The Bertz CT molecular complexity index is 673. The summed E-state index contributed by atoms with van der Waals surface area (Å²) in [5, 5.41) is 0. The van der Waals surface area contributed by atoms with Gasteiger partial charge in [-0.15, -0.1) is 0 Å². The van der Waals surface area contributed by atoms with Crippen molar-refractivity contribution in [1.82, 2.24) is 4.90 Å². The summed E-state index contributed by atoms with van der Waals surface area (Å²) in [6.07, 6.45) is 0. The number of hydrogen-bond donors (Lipinski definition) is 1. The van der Waals surface area contributed by atoms with Crippen molar-refractivity contribution < 1.29 is 4.79 Å². The largest absolute Gasteiger partial charge is 0.399 e. The SMILES string of the molecule is CC(c1cccc(N)c1)N(C)C(=O)c1cc(Br)ccc1Br. The highest BCUT2D eigenvalue weighted by atomic mass is 79.9. The molecule has 1 amide bonds. The normalized spacial score (nSPS) is 12.0. The van der Waals surface area contributed by atoms with Gasteiger partial charge in [0.05, 0.1) is 11.6 Å². The van der Waals surface area contributed by atoms with Crippen molar-refractivity contribution in [2.24, 2.45) is 0 Å². The molecule has 5 heteroatoms. The van der Waals surface area contributed by atoms with E-state index in [4.69, 9.17) is 5.73 Å². The van der Waals surface area contributed by atoms with Gasteiger partial charge in [-0.05, 0) is 58.7 Å². The van der Waals surface area contributed by atoms with E-state index in [1.54, 1.807) is 11.9 Å². The van der Waals surface area contributed by atoms with E-state index in [-0.39, 0.29) is 11.9 Å². The number of nitrogens with two attached hydrogens (primary N) is 1. The summed E-state index contributed by atoms with van der Waals surface area (Å²) in [5.41, 5.74) is 8.15. The molecule has 2 N–H and O–H groups in total. The van der Waals surface area contributed by atoms with Gasteiger partial charge in [0.2, 0.25) is 0 Å². The van der Waals surface area contributed by atoms with Crippen LogP contribution < -0.4 is 5.73 Å². The van der Waals surface area contributed by atoms with Crippen LogP contribution in [0.4, 0.5) is 5.69 Å². The lowest BCUT2D eigenvalue weighted by Gasteiger charge is -2.26. The number of anilines is 1. The van der Waals surface area contributed by atoms with E-state index in [1.165, 1.54) is 0 Å². The minimum absolute atomic E-state index is 0.0434. The first-order valence-electron chi connectivity index (χ1n) is 6.48. The Labute approximate surface area is 141 Å². The van der Waals surface area contributed by atoms with Crippen molar-refractivity contribution in [3.63, 3.8) is 0 Å². The highest BCUT2D eigenvalue weighted by Crippen LogP contribution is 2.27. The number of nitrogen functional groups attached to an aromatic ring is 1. The van der Waals surface area contributed by atoms with E-state index in [0.29, 0.717) is 11.3 Å². The number of amides is 1. The lowest BCUT2D eigenvalue weighted by atomic mass is 10.1. The number of carbonyl (C=O) groups is 1. The highest BCUT2D eigenvalue weighted by Gasteiger charge is 2.21. The van der Waals surface area contributed by atoms with E-state index in [2.05, 4.69) is 31.9 Å². The molecule has 2 aromatic carbocycles. The second kappa shape index (κ2) is 6.62. The van der Waals surface area contributed by atoms with Crippen molar-refractivity contribution >= 4 is 43.5 Å². The molecular weight excluding hydrogens is 396 g/mol. The second-order valence-electron chi connectivity index (χ2n) is 4.89. The predicted molar refractivity (Wildman–Crippen MR) is 93.2 cm³/mol. The fourth-order valence-electron chi connectivity index (χ4n) is 2.07. The first kappa shape index (κ1) is 16.0. The van der Waals surface area contributed by atoms with Gasteiger partial charge in [0.1, 0.15) is 0 Å². The summed E-state index contributed by atoms with van der Waals surface area (Å²) < 4.78 is 1.65. The Morgan fingerprint density at radius 1 is 1.19 bits per heavy atom. The van der Waals surface area contributed by atoms with E-state index >= 15 is 0 Å². The molecule has 1 atom stereocenters. The minimum atomic E-state index is -0.0631. The number of halogens is 2. The zero-order valence-electron chi connectivity index (χ0n) is 11.8. The van der Waals surface area contributed by atoms with Gasteiger partial charge in [-0.1, -0.05) is 28.1 Å². The van der Waals surface area contributed by atoms with Crippen molar-refractivity contribution in [1.29, 1.82) is 0 Å². The molecule has 0 fully saturated rings. The molecule has 0 aliphatic heterocycles. The van der Waals surface area contributed by atoms with Gasteiger partial charge >= 0.3 is 0 Å². The van der Waals surface area contributed by atoms with Crippen LogP contribution in [-0.2, 0) is 0 Å². The van der Waals surface area contributed by atoms with Crippen molar-refractivity contribution in [3.05, 3.63) is 62.5 Å². The van der Waals surface area contributed by atoms with Crippen LogP contribution in [0.15, 0.2) is 51.4 Å². The number of nitrogens with zero attached hydrogens (tertiary/aromatic N) is 1. The maximum Gasteiger partial charge on any atom is 0.255 e. The van der Waals surface area contributed by atoms with Gasteiger partial charge < -0.3 is 10.6 Å². The maximum absolute atomic E-state index is 12.7. The predicted octanol–water partition coefficient (Wildman–Crippen LogP) is 4.63. The smallest absolute Gasteiger partial charge is 0.255 e. The van der Waals surface area contributed by atoms with Crippen LogP contribution in [0.25, 0.3) is 0 Å². The molecule has 0 saturated heterocycles. The zero-order chi connectivity index (χ0) is 15.6. The third-order valence-electron chi connectivity index (χ3n) is 3.45. The number of hydrogen-bond acceptors (Lipinski definition) is 2. The topological polar surface area (TPSA) is 46.3 Å². The van der Waals surface area contributed by atoms with Crippen LogP contribution in [0.2, 0.25) is 0 Å². The first-order chi connectivity index (χ1) is 9.90. The molecule has 0 saturated carbocycles. The third kappa shape index (κ3) is 3.66. The summed E-state index contributed by atoms with van der Waals surface area (Å²) in [6, 6.07) is 13.1. The molecule has 21 heavy (non-hydrogen) atoms. The lowest BCUT2D eigenvalue weighted by molar-refractivity contribution is 0.0741. The second-order valence-corrected chi connectivity index (χ2v) is 6.66. The number of benzene rings is 2. The van der Waals surface area contributed by atoms with Gasteiger partial charge in [0.25, 0.3) is 5.91 Å². The molecule has 0 bridgehead atoms. The minimum Gasteiger partial charge on any atom is -0.399 e. The van der Waals surface area contributed by atoms with Crippen LogP contribution in [0.3, 0.4) is 0 Å². The summed E-state index contributed by atoms with van der Waals surface area (Å²) >= 11 is 6.83. The monoisotopic (exact) mass is 410 g/mol. The fourth-order valence-corrected chi connectivity index (χ4v) is 2.85. The Balaban J connectivity index is 2.28.